The maximum Gasteiger partial charge on any atom is 0.161 e. The van der Waals surface area contributed by atoms with Gasteiger partial charge in [-0.2, -0.15) is 0 Å². The fraction of sp³-hybridized carbons (Fsp3) is 0. The molecule has 0 amide bonds. The molecule has 51 heavy (non-hydrogen) atoms. The molecule has 3 heteroatoms. The second-order valence-electron chi connectivity index (χ2n) is 13.0. The molecule has 0 aliphatic heterocycles. The smallest absolute Gasteiger partial charge is 0.161 e. The molecular weight excluding hydrogens is 637 g/mol. The Kier molecular flexibility index (Phi) is 7.04. The third-order valence-corrected chi connectivity index (χ3v) is 11.1. The minimum atomic E-state index is 0.713. The van der Waals surface area contributed by atoms with Crippen molar-refractivity contribution < 1.29 is 0 Å². The largest absolute Gasteiger partial charge is 0.228 e. The summed E-state index contributed by atoms with van der Waals surface area (Å²) in [5.74, 6) is 0.713. The number of nitrogens with zero attached hydrogens (tertiary/aromatic N) is 2. The highest BCUT2D eigenvalue weighted by molar-refractivity contribution is 7.26. The van der Waals surface area contributed by atoms with E-state index in [0.717, 1.165) is 39.0 Å². The van der Waals surface area contributed by atoms with Crippen LogP contribution in [0.4, 0.5) is 0 Å². The number of hydrogen-bond acceptors (Lipinski definition) is 3. The monoisotopic (exact) mass is 666 g/mol. The van der Waals surface area contributed by atoms with Gasteiger partial charge in [-0.25, -0.2) is 9.97 Å². The molecule has 8 aromatic carbocycles. The highest BCUT2D eigenvalue weighted by Gasteiger charge is 2.17. The van der Waals surface area contributed by atoms with Crippen LogP contribution in [0.1, 0.15) is 0 Å². The Labute approximate surface area is 300 Å². The van der Waals surface area contributed by atoms with Gasteiger partial charge in [0.05, 0.1) is 11.4 Å². The second-order valence-corrected chi connectivity index (χ2v) is 14.0. The van der Waals surface area contributed by atoms with Gasteiger partial charge in [-0.05, 0) is 74.1 Å². The summed E-state index contributed by atoms with van der Waals surface area (Å²) in [7, 11) is 0. The fourth-order valence-electron chi connectivity index (χ4n) is 7.43. The Morgan fingerprint density at radius 3 is 1.69 bits per heavy atom. The van der Waals surface area contributed by atoms with Crippen LogP contribution < -0.4 is 0 Å². The van der Waals surface area contributed by atoms with E-state index in [0.29, 0.717) is 5.82 Å². The summed E-state index contributed by atoms with van der Waals surface area (Å²) < 4.78 is 2.60. The van der Waals surface area contributed by atoms with Crippen LogP contribution >= 0.6 is 11.3 Å². The molecule has 0 atom stereocenters. The Balaban J connectivity index is 1.26. The average Bonchev–Trinajstić information content (AvgIpc) is 3.59. The molecule has 2 heterocycles. The molecule has 0 aliphatic carbocycles. The van der Waals surface area contributed by atoms with E-state index in [4.69, 9.17) is 9.97 Å². The minimum absolute atomic E-state index is 0.713. The highest BCUT2D eigenvalue weighted by Crippen LogP contribution is 2.42. The van der Waals surface area contributed by atoms with Crippen LogP contribution in [0.15, 0.2) is 182 Å². The van der Waals surface area contributed by atoms with Crippen LogP contribution in [0.2, 0.25) is 0 Å². The Hall–Kier alpha value is -6.42. The Morgan fingerprint density at radius 2 is 0.882 bits per heavy atom. The summed E-state index contributed by atoms with van der Waals surface area (Å²) in [5, 5.41) is 7.25. The Bertz CT molecular complexity index is 2810. The number of rotatable bonds is 5. The molecule has 10 rings (SSSR count). The molecule has 2 nitrogen and oxygen atoms in total. The molecule has 0 unspecified atom stereocenters. The summed E-state index contributed by atoms with van der Waals surface area (Å²) in [6.07, 6.45) is 0. The van der Waals surface area contributed by atoms with E-state index in [1.807, 2.05) is 11.3 Å². The van der Waals surface area contributed by atoms with Crippen molar-refractivity contribution in [3.05, 3.63) is 182 Å². The van der Waals surface area contributed by atoms with Gasteiger partial charge in [-0.3, -0.25) is 0 Å². The number of hydrogen-bond donors (Lipinski definition) is 0. The quantitative estimate of drug-likeness (QED) is 0.183. The predicted octanol–water partition coefficient (Wildman–Crippen LogP) is 13.5. The van der Waals surface area contributed by atoms with Crippen molar-refractivity contribution in [1.29, 1.82) is 0 Å². The van der Waals surface area contributed by atoms with Crippen LogP contribution in [0.5, 0.6) is 0 Å². The van der Waals surface area contributed by atoms with Crippen LogP contribution in [-0.4, -0.2) is 9.97 Å². The van der Waals surface area contributed by atoms with Gasteiger partial charge in [0.25, 0.3) is 0 Å². The third-order valence-electron chi connectivity index (χ3n) is 9.87. The van der Waals surface area contributed by atoms with Gasteiger partial charge >= 0.3 is 0 Å². The van der Waals surface area contributed by atoms with E-state index in [-0.39, 0.29) is 0 Å². The number of aromatic nitrogens is 2. The number of fused-ring (bicyclic) bond motifs is 5. The zero-order valence-corrected chi connectivity index (χ0v) is 28.4. The lowest BCUT2D eigenvalue weighted by atomic mass is 9.93. The van der Waals surface area contributed by atoms with Gasteiger partial charge in [-0.15, -0.1) is 11.3 Å². The molecule has 0 radical (unpaired) electrons. The van der Waals surface area contributed by atoms with E-state index in [1.54, 1.807) is 0 Å². The number of thiophene rings is 1. The van der Waals surface area contributed by atoms with Crippen molar-refractivity contribution in [1.82, 2.24) is 9.97 Å². The van der Waals surface area contributed by atoms with Crippen LogP contribution in [0.25, 0.3) is 97.9 Å². The first-order valence-corrected chi connectivity index (χ1v) is 18.1. The maximum atomic E-state index is 5.39. The molecule has 2 aromatic heterocycles. The molecule has 238 valence electrons. The topological polar surface area (TPSA) is 25.8 Å². The van der Waals surface area contributed by atoms with Crippen molar-refractivity contribution in [2.24, 2.45) is 0 Å². The Morgan fingerprint density at radius 1 is 0.333 bits per heavy atom. The summed E-state index contributed by atoms with van der Waals surface area (Å²) in [5.41, 5.74) is 9.66. The van der Waals surface area contributed by atoms with E-state index in [1.165, 1.54) is 53.0 Å². The molecule has 0 fully saturated rings. The van der Waals surface area contributed by atoms with Crippen LogP contribution in [-0.2, 0) is 0 Å². The van der Waals surface area contributed by atoms with E-state index >= 15 is 0 Å². The van der Waals surface area contributed by atoms with Crippen molar-refractivity contribution in [2.75, 3.05) is 0 Å². The SMILES string of the molecule is c1ccc(-c2cc(-c3cc(-c4cccc5ccccc45)nc(-c4cccc5ccccc45)n3)cc(-c3cccc4c3sc3ccccc34)c2)cc1. The summed E-state index contributed by atoms with van der Waals surface area (Å²) in [6, 6.07) is 65.0. The fourth-order valence-corrected chi connectivity index (χ4v) is 8.66. The lowest BCUT2D eigenvalue weighted by Crippen LogP contribution is -1.97. The van der Waals surface area contributed by atoms with Crippen molar-refractivity contribution in [2.45, 2.75) is 0 Å². The molecule has 0 saturated carbocycles. The summed E-state index contributed by atoms with van der Waals surface area (Å²) in [6.45, 7) is 0. The van der Waals surface area contributed by atoms with Crippen molar-refractivity contribution >= 4 is 53.1 Å². The molecular formula is C48H30N2S. The van der Waals surface area contributed by atoms with E-state index in [9.17, 15) is 0 Å². The zero-order chi connectivity index (χ0) is 33.7. The lowest BCUT2D eigenvalue weighted by molar-refractivity contribution is 1.19. The third kappa shape index (κ3) is 5.18. The van der Waals surface area contributed by atoms with Gasteiger partial charge in [0.2, 0.25) is 0 Å². The van der Waals surface area contributed by atoms with Gasteiger partial charge in [0.1, 0.15) is 0 Å². The molecule has 0 bridgehead atoms. The lowest BCUT2D eigenvalue weighted by Gasteiger charge is -2.15. The zero-order valence-electron chi connectivity index (χ0n) is 27.6. The second kappa shape index (κ2) is 12.2. The first-order chi connectivity index (χ1) is 25.3. The van der Waals surface area contributed by atoms with Crippen molar-refractivity contribution in [3.63, 3.8) is 0 Å². The van der Waals surface area contributed by atoms with Gasteiger partial charge in [0, 0.05) is 36.9 Å². The predicted molar refractivity (Wildman–Crippen MR) is 217 cm³/mol. The molecule has 0 spiro atoms. The maximum absolute atomic E-state index is 5.39. The van der Waals surface area contributed by atoms with Gasteiger partial charge in [-0.1, -0.05) is 152 Å². The van der Waals surface area contributed by atoms with E-state index < -0.39 is 0 Å². The average molecular weight is 667 g/mol. The first-order valence-electron chi connectivity index (χ1n) is 17.2. The standard InChI is InChI=1S/C48H30N2S/c1-2-13-31(14-3-1)34-27-35(39-22-12-24-42-41-21-8-9-26-46(41)51-47(39)42)29-36(28-34)44-30-45(40-23-10-17-32-15-4-6-19-37(32)40)50-48(49-44)43-25-11-18-33-16-5-7-20-38(33)43/h1-30H. The summed E-state index contributed by atoms with van der Waals surface area (Å²) >= 11 is 1.86. The number of benzene rings is 8. The molecule has 0 N–H and O–H groups in total. The molecule has 0 saturated heterocycles. The van der Waals surface area contributed by atoms with Crippen LogP contribution in [0.3, 0.4) is 0 Å². The first kappa shape index (κ1) is 29.5. The van der Waals surface area contributed by atoms with Gasteiger partial charge in [0.15, 0.2) is 5.82 Å². The van der Waals surface area contributed by atoms with Gasteiger partial charge < -0.3 is 0 Å². The highest BCUT2D eigenvalue weighted by atomic mass is 32.1. The minimum Gasteiger partial charge on any atom is -0.228 e. The van der Waals surface area contributed by atoms with Crippen molar-refractivity contribution in [3.8, 4) is 56.2 Å². The normalized spacial score (nSPS) is 11.5. The molecule has 10 aromatic rings. The van der Waals surface area contributed by atoms with Crippen LogP contribution in [0, 0.1) is 0 Å². The summed E-state index contributed by atoms with van der Waals surface area (Å²) in [4.78, 5) is 10.7. The molecule has 0 aliphatic rings. The van der Waals surface area contributed by atoms with E-state index in [2.05, 4.69) is 182 Å².